The van der Waals surface area contributed by atoms with Crippen LogP contribution in [-0.4, -0.2) is 58.7 Å². The number of hydrogen-bond donors (Lipinski definition) is 0. The lowest BCUT2D eigenvalue weighted by Gasteiger charge is -2.47. The molecule has 0 unspecified atom stereocenters. The van der Waals surface area contributed by atoms with Gasteiger partial charge in [-0.1, -0.05) is 31.4 Å². The summed E-state index contributed by atoms with van der Waals surface area (Å²) in [5.74, 6) is -1.66. The number of carbonyl (C=O) groups excluding carboxylic acids is 4. The molecule has 1 spiro atoms. The highest BCUT2D eigenvalue weighted by atomic mass is 16.5. The van der Waals surface area contributed by atoms with Gasteiger partial charge in [0.2, 0.25) is 5.91 Å². The van der Waals surface area contributed by atoms with Gasteiger partial charge in [-0.25, -0.2) is 4.79 Å². The van der Waals surface area contributed by atoms with E-state index in [9.17, 15) is 19.2 Å². The highest BCUT2D eigenvalue weighted by Crippen LogP contribution is 2.37. The largest absolute Gasteiger partial charge is 0.462 e. The second-order valence-electron chi connectivity index (χ2n) is 7.02. The standard InChI is InChI=1S/C19H20N2O5/c22-15(12-20-16(23)13-6-2-3-7-14(13)17(20)24)21-10-11-26-18(25)19(21)8-4-1-5-9-19/h2-3,6-7H,1,4-5,8-12H2. The summed E-state index contributed by atoms with van der Waals surface area (Å²) in [6.07, 6.45) is 3.87. The first-order valence-corrected chi connectivity index (χ1v) is 8.97. The number of carbonyl (C=O) groups is 4. The number of ether oxygens (including phenoxy) is 1. The fourth-order valence-corrected chi connectivity index (χ4v) is 4.27. The number of imide groups is 1. The average Bonchev–Trinajstić information content (AvgIpc) is 2.90. The number of esters is 1. The van der Waals surface area contributed by atoms with Crippen molar-refractivity contribution in [1.29, 1.82) is 0 Å². The number of benzene rings is 1. The molecular formula is C19H20N2O5. The molecule has 1 aromatic rings. The van der Waals surface area contributed by atoms with Gasteiger partial charge in [-0.15, -0.1) is 0 Å². The van der Waals surface area contributed by atoms with Gasteiger partial charge in [-0.05, 0) is 25.0 Å². The van der Waals surface area contributed by atoms with E-state index in [0.29, 0.717) is 30.5 Å². The summed E-state index contributed by atoms with van der Waals surface area (Å²) in [5, 5.41) is 0. The second-order valence-corrected chi connectivity index (χ2v) is 7.02. The van der Waals surface area contributed by atoms with Crippen LogP contribution < -0.4 is 0 Å². The predicted molar refractivity (Wildman–Crippen MR) is 90.3 cm³/mol. The summed E-state index contributed by atoms with van der Waals surface area (Å²) >= 11 is 0. The van der Waals surface area contributed by atoms with Crippen LogP contribution in [0.1, 0.15) is 52.8 Å². The van der Waals surface area contributed by atoms with Gasteiger partial charge in [0.25, 0.3) is 11.8 Å². The summed E-state index contributed by atoms with van der Waals surface area (Å²) in [4.78, 5) is 53.0. The van der Waals surface area contributed by atoms with Crippen LogP contribution in [0.25, 0.3) is 0 Å². The van der Waals surface area contributed by atoms with Gasteiger partial charge < -0.3 is 9.64 Å². The number of fused-ring (bicyclic) bond motifs is 1. The van der Waals surface area contributed by atoms with Crippen LogP contribution in [0.4, 0.5) is 0 Å². The van der Waals surface area contributed by atoms with Crippen LogP contribution in [0, 0.1) is 0 Å². The van der Waals surface area contributed by atoms with Crippen LogP contribution in [-0.2, 0) is 14.3 Å². The van der Waals surface area contributed by atoms with E-state index < -0.39 is 17.4 Å². The minimum Gasteiger partial charge on any atom is -0.462 e. The molecule has 7 nitrogen and oxygen atoms in total. The molecule has 0 aromatic heterocycles. The van der Waals surface area contributed by atoms with Crippen LogP contribution in [0.15, 0.2) is 24.3 Å². The normalized spacial score (nSPS) is 21.8. The van der Waals surface area contributed by atoms with Crippen LogP contribution in [0.3, 0.4) is 0 Å². The predicted octanol–water partition coefficient (Wildman–Crippen LogP) is 1.37. The van der Waals surface area contributed by atoms with E-state index in [0.717, 1.165) is 24.2 Å². The van der Waals surface area contributed by atoms with Crippen LogP contribution in [0.5, 0.6) is 0 Å². The zero-order valence-corrected chi connectivity index (χ0v) is 14.4. The van der Waals surface area contributed by atoms with Gasteiger partial charge in [0.15, 0.2) is 0 Å². The Morgan fingerprint density at radius 1 is 1.00 bits per heavy atom. The van der Waals surface area contributed by atoms with Gasteiger partial charge in [-0.2, -0.15) is 0 Å². The SMILES string of the molecule is O=C1c2ccccc2C(=O)N1CC(=O)N1CCOC(=O)C12CCCCC2. The van der Waals surface area contributed by atoms with Crippen molar-refractivity contribution in [3.05, 3.63) is 35.4 Å². The molecule has 136 valence electrons. The zero-order valence-electron chi connectivity index (χ0n) is 14.4. The molecule has 2 aliphatic heterocycles. The van der Waals surface area contributed by atoms with Crippen molar-refractivity contribution >= 4 is 23.7 Å². The molecule has 1 saturated carbocycles. The Hall–Kier alpha value is -2.70. The monoisotopic (exact) mass is 356 g/mol. The van der Waals surface area contributed by atoms with Crippen molar-refractivity contribution in [3.63, 3.8) is 0 Å². The topological polar surface area (TPSA) is 84.0 Å². The molecule has 2 fully saturated rings. The molecule has 3 amide bonds. The molecule has 4 rings (SSSR count). The van der Waals surface area contributed by atoms with Crippen LogP contribution >= 0.6 is 0 Å². The Labute approximate surface area is 150 Å². The quantitative estimate of drug-likeness (QED) is 0.590. The summed E-state index contributed by atoms with van der Waals surface area (Å²) in [6.45, 7) is 0.101. The Morgan fingerprint density at radius 2 is 1.62 bits per heavy atom. The number of morpholine rings is 1. The third-order valence-corrected chi connectivity index (χ3v) is 5.60. The Bertz CT molecular complexity index is 762. The van der Waals surface area contributed by atoms with Crippen molar-refractivity contribution in [3.8, 4) is 0 Å². The van der Waals surface area contributed by atoms with Crippen molar-refractivity contribution in [2.75, 3.05) is 19.7 Å². The highest BCUT2D eigenvalue weighted by molar-refractivity contribution is 6.22. The molecule has 2 heterocycles. The van der Waals surface area contributed by atoms with Gasteiger partial charge >= 0.3 is 5.97 Å². The minimum absolute atomic E-state index is 0.147. The molecule has 3 aliphatic rings. The van der Waals surface area contributed by atoms with E-state index in [4.69, 9.17) is 4.74 Å². The van der Waals surface area contributed by atoms with E-state index in [1.54, 1.807) is 29.2 Å². The molecule has 1 saturated heterocycles. The van der Waals surface area contributed by atoms with E-state index in [-0.39, 0.29) is 25.0 Å². The maximum Gasteiger partial charge on any atom is 0.332 e. The first-order valence-electron chi connectivity index (χ1n) is 8.97. The van der Waals surface area contributed by atoms with Crippen molar-refractivity contribution in [1.82, 2.24) is 9.80 Å². The lowest BCUT2D eigenvalue weighted by molar-refractivity contribution is -0.178. The lowest BCUT2D eigenvalue weighted by atomic mass is 9.79. The summed E-state index contributed by atoms with van der Waals surface area (Å²) in [7, 11) is 0. The van der Waals surface area contributed by atoms with Gasteiger partial charge in [0, 0.05) is 0 Å². The molecule has 0 radical (unpaired) electrons. The number of hydrogen-bond acceptors (Lipinski definition) is 5. The minimum atomic E-state index is -0.938. The highest BCUT2D eigenvalue weighted by Gasteiger charge is 2.51. The van der Waals surface area contributed by atoms with E-state index >= 15 is 0 Å². The van der Waals surface area contributed by atoms with E-state index in [1.165, 1.54) is 0 Å². The summed E-state index contributed by atoms with van der Waals surface area (Å²) in [6, 6.07) is 6.54. The number of rotatable bonds is 2. The average molecular weight is 356 g/mol. The molecule has 1 aromatic carbocycles. The lowest BCUT2D eigenvalue weighted by Crippen LogP contribution is -2.64. The first-order chi connectivity index (χ1) is 12.5. The smallest absolute Gasteiger partial charge is 0.332 e. The van der Waals surface area contributed by atoms with E-state index in [2.05, 4.69) is 0 Å². The third kappa shape index (κ3) is 2.41. The third-order valence-electron chi connectivity index (χ3n) is 5.60. The van der Waals surface area contributed by atoms with Gasteiger partial charge in [-0.3, -0.25) is 19.3 Å². The van der Waals surface area contributed by atoms with E-state index in [1.807, 2.05) is 0 Å². The molecule has 1 aliphatic carbocycles. The number of amides is 3. The maximum absolute atomic E-state index is 13.0. The fraction of sp³-hybridized carbons (Fsp3) is 0.474. The summed E-state index contributed by atoms with van der Waals surface area (Å²) in [5.41, 5.74) is -0.307. The first kappa shape index (κ1) is 16.8. The fourth-order valence-electron chi connectivity index (χ4n) is 4.27. The molecule has 26 heavy (non-hydrogen) atoms. The van der Waals surface area contributed by atoms with Gasteiger partial charge in [0.05, 0.1) is 17.7 Å². The molecule has 0 atom stereocenters. The second kappa shape index (κ2) is 6.23. The molecule has 0 bridgehead atoms. The Kier molecular flexibility index (Phi) is 4.01. The molecule has 0 N–H and O–H groups in total. The number of nitrogens with zero attached hydrogens (tertiary/aromatic N) is 2. The van der Waals surface area contributed by atoms with Crippen molar-refractivity contribution in [2.45, 2.75) is 37.6 Å². The van der Waals surface area contributed by atoms with Crippen LogP contribution in [0.2, 0.25) is 0 Å². The zero-order chi connectivity index (χ0) is 18.3. The molecule has 7 heteroatoms. The maximum atomic E-state index is 13.0. The van der Waals surface area contributed by atoms with Crippen molar-refractivity contribution in [2.24, 2.45) is 0 Å². The van der Waals surface area contributed by atoms with Crippen molar-refractivity contribution < 1.29 is 23.9 Å². The Balaban J connectivity index is 1.57. The number of cyclic esters (lactones) is 1. The Morgan fingerprint density at radius 3 is 2.23 bits per heavy atom. The van der Waals surface area contributed by atoms with Gasteiger partial charge in [0.1, 0.15) is 18.7 Å². The summed E-state index contributed by atoms with van der Waals surface area (Å²) < 4.78 is 5.23. The molecular weight excluding hydrogens is 336 g/mol.